The number of fused-ring (bicyclic) bond motifs is 1. The Hall–Kier alpha value is -2.30. The molecule has 0 saturated carbocycles. The van der Waals surface area contributed by atoms with Gasteiger partial charge in [-0.1, -0.05) is 20.8 Å². The van der Waals surface area contributed by atoms with Crippen LogP contribution in [0.1, 0.15) is 50.8 Å². The molecule has 2 aromatic rings. The Labute approximate surface area is 136 Å². The molecule has 0 saturated heterocycles. The molecule has 5 heteroatoms. The number of hydrogen-bond donors (Lipinski definition) is 2. The van der Waals surface area contributed by atoms with Crippen molar-refractivity contribution in [3.8, 4) is 0 Å². The zero-order chi connectivity index (χ0) is 16.4. The zero-order valence-corrected chi connectivity index (χ0v) is 13.9. The average Bonchev–Trinajstić information content (AvgIpc) is 2.89. The number of carbonyl (C=O) groups is 1. The van der Waals surface area contributed by atoms with Crippen molar-refractivity contribution in [2.75, 3.05) is 10.6 Å². The Bertz CT molecular complexity index is 713. The number of oxazole rings is 1. The number of amides is 1. The van der Waals surface area contributed by atoms with Crippen LogP contribution in [0.2, 0.25) is 0 Å². The van der Waals surface area contributed by atoms with E-state index in [9.17, 15) is 4.79 Å². The molecule has 5 nitrogen and oxygen atoms in total. The van der Waals surface area contributed by atoms with E-state index in [2.05, 4.69) is 42.5 Å². The summed E-state index contributed by atoms with van der Waals surface area (Å²) in [5.41, 5.74) is 4.05. The zero-order valence-electron chi connectivity index (χ0n) is 13.9. The second-order valence-corrected chi connectivity index (χ2v) is 7.00. The summed E-state index contributed by atoms with van der Waals surface area (Å²) in [6.45, 7) is 6.88. The van der Waals surface area contributed by atoms with Gasteiger partial charge in [0.1, 0.15) is 6.26 Å². The summed E-state index contributed by atoms with van der Waals surface area (Å²) in [6, 6.07) is 6.02. The van der Waals surface area contributed by atoms with Crippen molar-refractivity contribution >= 4 is 17.3 Å². The van der Waals surface area contributed by atoms with E-state index < -0.39 is 0 Å². The SMILES string of the molecule is CC(C)(C)c1coc(CNc2ccc3c(c2)CCCC(=O)N3)n1. The summed E-state index contributed by atoms with van der Waals surface area (Å²) in [6.07, 6.45) is 4.11. The van der Waals surface area contributed by atoms with Crippen LogP contribution in [0.25, 0.3) is 0 Å². The van der Waals surface area contributed by atoms with E-state index in [4.69, 9.17) is 4.42 Å². The van der Waals surface area contributed by atoms with E-state index in [1.807, 2.05) is 12.1 Å². The fourth-order valence-electron chi connectivity index (χ4n) is 2.60. The van der Waals surface area contributed by atoms with E-state index in [1.165, 1.54) is 5.56 Å². The minimum absolute atomic E-state index is 0.00989. The molecule has 0 bridgehead atoms. The maximum atomic E-state index is 11.6. The number of benzene rings is 1. The molecular formula is C18H23N3O2. The normalized spacial score (nSPS) is 14.8. The van der Waals surface area contributed by atoms with Gasteiger partial charge < -0.3 is 15.1 Å². The molecule has 0 unspecified atom stereocenters. The highest BCUT2D eigenvalue weighted by molar-refractivity contribution is 5.92. The number of nitrogens with one attached hydrogen (secondary N) is 2. The molecule has 0 atom stereocenters. The molecule has 0 fully saturated rings. The Kier molecular flexibility index (Phi) is 4.11. The molecule has 0 aliphatic carbocycles. The second kappa shape index (κ2) is 6.07. The Morgan fingerprint density at radius 3 is 2.87 bits per heavy atom. The van der Waals surface area contributed by atoms with Crippen LogP contribution in [-0.4, -0.2) is 10.9 Å². The first-order chi connectivity index (χ1) is 10.9. The van der Waals surface area contributed by atoms with Gasteiger partial charge in [0, 0.05) is 23.2 Å². The van der Waals surface area contributed by atoms with Gasteiger partial charge in [-0.25, -0.2) is 4.98 Å². The number of aryl methyl sites for hydroxylation is 1. The number of rotatable bonds is 3. The first kappa shape index (κ1) is 15.6. The molecule has 122 valence electrons. The van der Waals surface area contributed by atoms with Crippen LogP contribution in [0.5, 0.6) is 0 Å². The average molecular weight is 313 g/mol. The number of carbonyl (C=O) groups excluding carboxylic acids is 1. The van der Waals surface area contributed by atoms with Crippen molar-refractivity contribution in [2.24, 2.45) is 0 Å². The van der Waals surface area contributed by atoms with E-state index in [0.29, 0.717) is 18.9 Å². The first-order valence-electron chi connectivity index (χ1n) is 8.03. The quantitative estimate of drug-likeness (QED) is 0.903. The van der Waals surface area contributed by atoms with Gasteiger partial charge in [-0.15, -0.1) is 0 Å². The van der Waals surface area contributed by atoms with Crippen molar-refractivity contribution in [1.82, 2.24) is 4.98 Å². The van der Waals surface area contributed by atoms with Crippen molar-refractivity contribution in [3.05, 3.63) is 41.6 Å². The van der Waals surface area contributed by atoms with Crippen LogP contribution in [0, 0.1) is 0 Å². The minimum Gasteiger partial charge on any atom is -0.447 e. The number of aromatic nitrogens is 1. The predicted molar refractivity (Wildman–Crippen MR) is 90.5 cm³/mol. The molecule has 3 rings (SSSR count). The van der Waals surface area contributed by atoms with Crippen molar-refractivity contribution in [2.45, 2.75) is 52.0 Å². The lowest BCUT2D eigenvalue weighted by molar-refractivity contribution is -0.116. The Morgan fingerprint density at radius 1 is 1.30 bits per heavy atom. The summed E-state index contributed by atoms with van der Waals surface area (Å²) < 4.78 is 5.53. The first-order valence-corrected chi connectivity index (χ1v) is 8.03. The molecule has 0 radical (unpaired) electrons. The monoisotopic (exact) mass is 313 g/mol. The molecule has 1 amide bonds. The van der Waals surface area contributed by atoms with E-state index >= 15 is 0 Å². The van der Waals surface area contributed by atoms with Crippen LogP contribution in [0.3, 0.4) is 0 Å². The topological polar surface area (TPSA) is 67.2 Å². The third-order valence-corrected chi connectivity index (χ3v) is 3.99. The molecule has 1 aromatic heterocycles. The van der Waals surface area contributed by atoms with E-state index in [-0.39, 0.29) is 11.3 Å². The highest BCUT2D eigenvalue weighted by Gasteiger charge is 2.18. The molecule has 1 aliphatic heterocycles. The molecular weight excluding hydrogens is 290 g/mol. The van der Waals surface area contributed by atoms with Gasteiger partial charge in [-0.2, -0.15) is 0 Å². The third-order valence-electron chi connectivity index (χ3n) is 3.99. The molecule has 1 aliphatic rings. The van der Waals surface area contributed by atoms with Gasteiger partial charge >= 0.3 is 0 Å². The predicted octanol–water partition coefficient (Wildman–Crippen LogP) is 3.86. The largest absolute Gasteiger partial charge is 0.447 e. The molecule has 2 N–H and O–H groups in total. The van der Waals surface area contributed by atoms with Crippen LogP contribution < -0.4 is 10.6 Å². The van der Waals surface area contributed by atoms with Gasteiger partial charge in [0.25, 0.3) is 0 Å². The second-order valence-electron chi connectivity index (χ2n) is 7.00. The summed E-state index contributed by atoms with van der Waals surface area (Å²) in [4.78, 5) is 16.1. The van der Waals surface area contributed by atoms with Crippen molar-refractivity contribution < 1.29 is 9.21 Å². The summed E-state index contributed by atoms with van der Waals surface area (Å²) in [5.74, 6) is 0.775. The summed E-state index contributed by atoms with van der Waals surface area (Å²) >= 11 is 0. The summed E-state index contributed by atoms with van der Waals surface area (Å²) in [5, 5.41) is 6.28. The number of anilines is 2. The summed E-state index contributed by atoms with van der Waals surface area (Å²) in [7, 11) is 0. The molecule has 23 heavy (non-hydrogen) atoms. The van der Waals surface area contributed by atoms with Gasteiger partial charge in [0.15, 0.2) is 0 Å². The van der Waals surface area contributed by atoms with Crippen LogP contribution in [0.4, 0.5) is 11.4 Å². The fourth-order valence-corrected chi connectivity index (χ4v) is 2.60. The van der Waals surface area contributed by atoms with Gasteiger partial charge in [-0.3, -0.25) is 4.79 Å². The smallest absolute Gasteiger partial charge is 0.224 e. The van der Waals surface area contributed by atoms with Gasteiger partial charge in [-0.05, 0) is 36.6 Å². The third kappa shape index (κ3) is 3.73. The molecule has 2 heterocycles. The lowest BCUT2D eigenvalue weighted by Crippen LogP contribution is -2.12. The number of hydrogen-bond acceptors (Lipinski definition) is 4. The van der Waals surface area contributed by atoms with Gasteiger partial charge in [0.2, 0.25) is 11.8 Å². The number of nitrogens with zero attached hydrogens (tertiary/aromatic N) is 1. The van der Waals surface area contributed by atoms with Gasteiger partial charge in [0.05, 0.1) is 12.2 Å². The molecule has 0 spiro atoms. The Balaban J connectivity index is 1.68. The van der Waals surface area contributed by atoms with E-state index in [0.717, 1.165) is 29.9 Å². The maximum Gasteiger partial charge on any atom is 0.224 e. The Morgan fingerprint density at radius 2 is 2.13 bits per heavy atom. The fraction of sp³-hybridized carbons (Fsp3) is 0.444. The maximum absolute atomic E-state index is 11.6. The minimum atomic E-state index is -0.00989. The highest BCUT2D eigenvalue weighted by atomic mass is 16.3. The standard InChI is InChI=1S/C18H23N3O2/c1-18(2,3)15-11-23-17(21-15)10-19-13-7-8-14-12(9-13)5-4-6-16(22)20-14/h7-9,11,19H,4-6,10H2,1-3H3,(H,20,22). The lowest BCUT2D eigenvalue weighted by Gasteiger charge is -2.13. The van der Waals surface area contributed by atoms with Crippen molar-refractivity contribution in [1.29, 1.82) is 0 Å². The van der Waals surface area contributed by atoms with Crippen LogP contribution in [0.15, 0.2) is 28.9 Å². The molecule has 1 aromatic carbocycles. The van der Waals surface area contributed by atoms with E-state index in [1.54, 1.807) is 6.26 Å². The van der Waals surface area contributed by atoms with Crippen LogP contribution in [-0.2, 0) is 23.2 Å². The highest BCUT2D eigenvalue weighted by Crippen LogP contribution is 2.26. The lowest BCUT2D eigenvalue weighted by atomic mass is 9.93. The van der Waals surface area contributed by atoms with Crippen molar-refractivity contribution in [3.63, 3.8) is 0 Å². The van der Waals surface area contributed by atoms with Crippen LogP contribution >= 0.6 is 0 Å².